The van der Waals surface area contributed by atoms with Gasteiger partial charge >= 0.3 is 0 Å². The topological polar surface area (TPSA) is 32.7 Å². The molecule has 0 aromatic heterocycles. The van der Waals surface area contributed by atoms with Gasteiger partial charge in [-0.2, -0.15) is 5.10 Å². The molecule has 0 heterocycles. The predicted molar refractivity (Wildman–Crippen MR) is 87.1 cm³/mol. The van der Waals surface area contributed by atoms with Gasteiger partial charge in [0.05, 0.1) is 6.54 Å². The SMILES string of the molecule is C=NN(Cc1ccccc1)C(=O)/C(=C(\C)Cl)C1CCCC1. The number of benzene rings is 1. The Morgan fingerprint density at radius 3 is 2.48 bits per heavy atom. The Hall–Kier alpha value is -1.61. The molecule has 1 amide bonds. The van der Waals surface area contributed by atoms with Crippen LogP contribution in [0.2, 0.25) is 0 Å². The Bertz CT molecular complexity index is 529. The Morgan fingerprint density at radius 2 is 1.95 bits per heavy atom. The third-order valence-corrected chi connectivity index (χ3v) is 4.15. The second kappa shape index (κ2) is 7.41. The molecule has 0 N–H and O–H groups in total. The number of hydrazone groups is 1. The van der Waals surface area contributed by atoms with Gasteiger partial charge in [0.15, 0.2) is 0 Å². The fourth-order valence-corrected chi connectivity index (χ4v) is 3.13. The highest BCUT2D eigenvalue weighted by atomic mass is 35.5. The number of rotatable bonds is 5. The zero-order valence-corrected chi connectivity index (χ0v) is 13.1. The van der Waals surface area contributed by atoms with Crippen molar-refractivity contribution in [2.75, 3.05) is 0 Å². The predicted octanol–water partition coefficient (Wildman–Crippen LogP) is 4.33. The molecule has 1 aliphatic rings. The average molecular weight is 305 g/mol. The molecule has 21 heavy (non-hydrogen) atoms. The van der Waals surface area contributed by atoms with E-state index >= 15 is 0 Å². The number of carbonyl (C=O) groups is 1. The van der Waals surface area contributed by atoms with E-state index in [1.54, 1.807) is 6.92 Å². The lowest BCUT2D eigenvalue weighted by atomic mass is 9.96. The maximum Gasteiger partial charge on any atom is 0.271 e. The molecular weight excluding hydrogens is 284 g/mol. The van der Waals surface area contributed by atoms with Gasteiger partial charge in [-0.1, -0.05) is 54.8 Å². The molecule has 4 heteroatoms. The molecule has 1 aliphatic carbocycles. The summed E-state index contributed by atoms with van der Waals surface area (Å²) in [5, 5.41) is 5.89. The Morgan fingerprint density at radius 1 is 1.33 bits per heavy atom. The minimum atomic E-state index is -0.117. The van der Waals surface area contributed by atoms with Crippen LogP contribution < -0.4 is 0 Å². The Balaban J connectivity index is 2.18. The summed E-state index contributed by atoms with van der Waals surface area (Å²) in [6.45, 7) is 5.74. The lowest BCUT2D eigenvalue weighted by Gasteiger charge is -2.22. The first kappa shape index (κ1) is 15.8. The molecule has 0 radical (unpaired) electrons. The summed E-state index contributed by atoms with van der Waals surface area (Å²) >= 11 is 6.19. The van der Waals surface area contributed by atoms with Crippen LogP contribution in [0.1, 0.15) is 38.2 Å². The molecule has 0 bridgehead atoms. The van der Waals surface area contributed by atoms with Gasteiger partial charge in [-0.25, -0.2) is 5.01 Å². The second-order valence-corrected chi connectivity index (χ2v) is 5.99. The largest absolute Gasteiger partial charge is 0.271 e. The van der Waals surface area contributed by atoms with Crippen molar-refractivity contribution in [1.29, 1.82) is 0 Å². The second-order valence-electron chi connectivity index (χ2n) is 5.42. The molecule has 0 aliphatic heterocycles. The molecule has 3 nitrogen and oxygen atoms in total. The molecule has 1 saturated carbocycles. The third kappa shape index (κ3) is 3.94. The van der Waals surface area contributed by atoms with Gasteiger partial charge < -0.3 is 0 Å². The summed E-state index contributed by atoms with van der Waals surface area (Å²) in [5.41, 5.74) is 1.73. The molecule has 1 aromatic carbocycles. The van der Waals surface area contributed by atoms with E-state index in [0.29, 0.717) is 17.2 Å². The Kier molecular flexibility index (Phi) is 5.57. The molecule has 1 fully saturated rings. The quantitative estimate of drug-likeness (QED) is 0.452. The number of hydrogen-bond acceptors (Lipinski definition) is 2. The van der Waals surface area contributed by atoms with Crippen LogP contribution in [0.5, 0.6) is 0 Å². The molecule has 2 rings (SSSR count). The van der Waals surface area contributed by atoms with Crippen LogP contribution in [-0.4, -0.2) is 17.6 Å². The minimum Gasteiger partial charge on any atom is -0.267 e. The van der Waals surface area contributed by atoms with Crippen molar-refractivity contribution in [3.05, 3.63) is 46.5 Å². The van der Waals surface area contributed by atoms with E-state index in [-0.39, 0.29) is 11.8 Å². The fourth-order valence-electron chi connectivity index (χ4n) is 2.90. The zero-order chi connectivity index (χ0) is 15.2. The highest BCUT2D eigenvalue weighted by Crippen LogP contribution is 2.34. The van der Waals surface area contributed by atoms with E-state index in [1.165, 1.54) is 5.01 Å². The highest BCUT2D eigenvalue weighted by Gasteiger charge is 2.29. The van der Waals surface area contributed by atoms with Crippen molar-refractivity contribution < 1.29 is 4.79 Å². The highest BCUT2D eigenvalue weighted by molar-refractivity contribution is 6.31. The van der Waals surface area contributed by atoms with Crippen molar-refractivity contribution in [3.8, 4) is 0 Å². The standard InChI is InChI=1S/C17H21ClN2O/c1-13(18)16(15-10-6-7-11-15)17(21)20(19-2)12-14-8-4-3-5-9-14/h3-5,8-9,15H,2,6-7,10-12H2,1H3/b16-13+. The van der Waals surface area contributed by atoms with Gasteiger partial charge in [0.25, 0.3) is 5.91 Å². The van der Waals surface area contributed by atoms with Crippen LogP contribution in [0.25, 0.3) is 0 Å². The van der Waals surface area contributed by atoms with Crippen molar-refractivity contribution in [2.45, 2.75) is 39.2 Å². The van der Waals surface area contributed by atoms with Gasteiger partial charge in [-0.05, 0) is 31.2 Å². The van der Waals surface area contributed by atoms with Crippen LogP contribution >= 0.6 is 11.6 Å². The van der Waals surface area contributed by atoms with Crippen molar-refractivity contribution >= 4 is 24.2 Å². The maximum atomic E-state index is 12.8. The lowest BCUT2D eigenvalue weighted by Crippen LogP contribution is -2.29. The van der Waals surface area contributed by atoms with E-state index in [1.807, 2.05) is 30.3 Å². The number of amides is 1. The number of allylic oxidation sites excluding steroid dienone is 1. The fraction of sp³-hybridized carbons (Fsp3) is 0.412. The zero-order valence-electron chi connectivity index (χ0n) is 12.4. The van der Waals surface area contributed by atoms with Crippen LogP contribution in [0.15, 0.2) is 46.0 Å². The maximum absolute atomic E-state index is 12.8. The minimum absolute atomic E-state index is 0.117. The van der Waals surface area contributed by atoms with Crippen LogP contribution in [0, 0.1) is 5.92 Å². The summed E-state index contributed by atoms with van der Waals surface area (Å²) in [6, 6.07) is 9.78. The smallest absolute Gasteiger partial charge is 0.267 e. The monoisotopic (exact) mass is 304 g/mol. The van der Waals surface area contributed by atoms with E-state index in [4.69, 9.17) is 11.6 Å². The first-order valence-electron chi connectivity index (χ1n) is 7.32. The van der Waals surface area contributed by atoms with Gasteiger partial charge in [0.2, 0.25) is 0 Å². The number of hydrogen-bond donors (Lipinski definition) is 0. The van der Waals surface area contributed by atoms with Gasteiger partial charge in [-0.15, -0.1) is 0 Å². The summed E-state index contributed by atoms with van der Waals surface area (Å²) in [5.74, 6) is 0.142. The number of carbonyl (C=O) groups excluding carboxylic acids is 1. The summed E-state index contributed by atoms with van der Waals surface area (Å²) < 4.78 is 0. The summed E-state index contributed by atoms with van der Waals surface area (Å²) in [4.78, 5) is 12.8. The first-order chi connectivity index (χ1) is 10.1. The van der Waals surface area contributed by atoms with Crippen molar-refractivity contribution in [1.82, 2.24) is 5.01 Å². The molecule has 112 valence electrons. The van der Waals surface area contributed by atoms with E-state index in [0.717, 1.165) is 31.2 Å². The number of halogens is 1. The van der Waals surface area contributed by atoms with Crippen molar-refractivity contribution in [3.63, 3.8) is 0 Å². The normalized spacial score (nSPS) is 16.5. The molecule has 0 unspecified atom stereocenters. The van der Waals surface area contributed by atoms with E-state index in [2.05, 4.69) is 11.8 Å². The summed E-state index contributed by atoms with van der Waals surface area (Å²) in [6.07, 6.45) is 4.38. The van der Waals surface area contributed by atoms with E-state index in [9.17, 15) is 4.79 Å². The lowest BCUT2D eigenvalue weighted by molar-refractivity contribution is -0.128. The summed E-state index contributed by atoms with van der Waals surface area (Å²) in [7, 11) is 0. The van der Waals surface area contributed by atoms with Gasteiger partial charge in [-0.3, -0.25) is 4.79 Å². The molecular formula is C17H21ClN2O. The molecule has 1 aromatic rings. The number of nitrogens with zero attached hydrogens (tertiary/aromatic N) is 2. The molecule has 0 atom stereocenters. The average Bonchev–Trinajstić information content (AvgIpc) is 2.99. The Labute approximate surface area is 131 Å². The third-order valence-electron chi connectivity index (χ3n) is 3.95. The molecule has 0 saturated heterocycles. The molecule has 0 spiro atoms. The van der Waals surface area contributed by atoms with Crippen molar-refractivity contribution in [2.24, 2.45) is 11.0 Å². The van der Waals surface area contributed by atoms with Crippen LogP contribution in [0.4, 0.5) is 0 Å². The van der Waals surface area contributed by atoms with E-state index < -0.39 is 0 Å². The van der Waals surface area contributed by atoms with Gasteiger partial charge in [0.1, 0.15) is 0 Å². The first-order valence-corrected chi connectivity index (χ1v) is 7.70. The van der Waals surface area contributed by atoms with Crippen LogP contribution in [0.3, 0.4) is 0 Å². The van der Waals surface area contributed by atoms with Gasteiger partial charge in [0, 0.05) is 17.3 Å². The van der Waals surface area contributed by atoms with Crippen LogP contribution in [-0.2, 0) is 11.3 Å².